The quantitative estimate of drug-likeness (QED) is 0.675. The van der Waals surface area contributed by atoms with E-state index in [4.69, 9.17) is 20.9 Å². The molecular formula is C14H32N4O2. The smallest absolute Gasteiger partial charge is 0.0594 e. The van der Waals surface area contributed by atoms with E-state index in [1.54, 1.807) is 0 Å². The molecule has 20 heavy (non-hydrogen) atoms. The Balaban J connectivity index is 0.000000200. The zero-order valence-electron chi connectivity index (χ0n) is 12.8. The van der Waals surface area contributed by atoms with E-state index in [0.717, 1.165) is 91.6 Å². The van der Waals surface area contributed by atoms with Gasteiger partial charge in [-0.1, -0.05) is 0 Å². The number of hydrogen-bond donors (Lipinski definition) is 2. The second-order valence-electron chi connectivity index (χ2n) is 5.19. The highest BCUT2D eigenvalue weighted by atomic mass is 16.5. The number of hydrogen-bond acceptors (Lipinski definition) is 6. The van der Waals surface area contributed by atoms with Crippen LogP contribution < -0.4 is 11.5 Å². The molecule has 0 saturated carbocycles. The maximum Gasteiger partial charge on any atom is 0.0594 e. The van der Waals surface area contributed by atoms with Crippen LogP contribution in [0.4, 0.5) is 0 Å². The monoisotopic (exact) mass is 288 g/mol. The number of rotatable bonds is 6. The van der Waals surface area contributed by atoms with Gasteiger partial charge in [0.25, 0.3) is 0 Å². The molecule has 4 N–H and O–H groups in total. The Morgan fingerprint density at radius 3 is 1.30 bits per heavy atom. The van der Waals surface area contributed by atoms with E-state index in [1.165, 1.54) is 0 Å². The molecule has 0 aliphatic carbocycles. The van der Waals surface area contributed by atoms with Crippen molar-refractivity contribution < 1.29 is 9.47 Å². The van der Waals surface area contributed by atoms with E-state index in [0.29, 0.717) is 0 Å². The first-order chi connectivity index (χ1) is 9.86. The van der Waals surface area contributed by atoms with Crippen molar-refractivity contribution in [3.63, 3.8) is 0 Å². The van der Waals surface area contributed by atoms with E-state index >= 15 is 0 Å². The van der Waals surface area contributed by atoms with Crippen molar-refractivity contribution in [2.24, 2.45) is 11.5 Å². The van der Waals surface area contributed by atoms with Gasteiger partial charge in [-0.15, -0.1) is 0 Å². The van der Waals surface area contributed by atoms with Gasteiger partial charge in [0, 0.05) is 26.2 Å². The summed E-state index contributed by atoms with van der Waals surface area (Å²) < 4.78 is 10.4. The summed E-state index contributed by atoms with van der Waals surface area (Å²) in [6, 6.07) is 0. The second-order valence-corrected chi connectivity index (χ2v) is 5.19. The first-order valence-electron chi connectivity index (χ1n) is 7.87. The largest absolute Gasteiger partial charge is 0.379 e. The van der Waals surface area contributed by atoms with E-state index in [9.17, 15) is 0 Å². The fourth-order valence-corrected chi connectivity index (χ4v) is 2.28. The highest BCUT2D eigenvalue weighted by Gasteiger charge is 2.08. The molecule has 0 aromatic rings. The van der Waals surface area contributed by atoms with Gasteiger partial charge in [-0.05, 0) is 39.0 Å². The highest BCUT2D eigenvalue weighted by molar-refractivity contribution is 4.62. The van der Waals surface area contributed by atoms with E-state index in [2.05, 4.69) is 9.80 Å². The lowest BCUT2D eigenvalue weighted by Crippen LogP contribution is -2.37. The van der Waals surface area contributed by atoms with E-state index < -0.39 is 0 Å². The van der Waals surface area contributed by atoms with E-state index in [1.807, 2.05) is 0 Å². The molecule has 2 fully saturated rings. The molecule has 2 aliphatic heterocycles. The SMILES string of the molecule is NCCCN1CCOCC1.NCCCN1CCOCC1. The predicted octanol–water partition coefficient (Wildman–Crippen LogP) is -0.665. The molecule has 6 heteroatoms. The summed E-state index contributed by atoms with van der Waals surface area (Å²) in [5.74, 6) is 0. The van der Waals surface area contributed by atoms with Crippen LogP contribution in [0.25, 0.3) is 0 Å². The van der Waals surface area contributed by atoms with Gasteiger partial charge in [0.1, 0.15) is 0 Å². The van der Waals surface area contributed by atoms with Crippen LogP contribution in [-0.4, -0.2) is 88.6 Å². The number of ether oxygens (including phenoxy) is 2. The third kappa shape index (κ3) is 8.84. The first-order valence-corrected chi connectivity index (χ1v) is 7.87. The van der Waals surface area contributed by atoms with Crippen LogP contribution in [0.1, 0.15) is 12.8 Å². The van der Waals surface area contributed by atoms with Gasteiger partial charge < -0.3 is 20.9 Å². The van der Waals surface area contributed by atoms with Crippen molar-refractivity contribution >= 4 is 0 Å². The molecule has 0 spiro atoms. The number of morpholine rings is 2. The summed E-state index contributed by atoms with van der Waals surface area (Å²) >= 11 is 0. The molecule has 0 aromatic carbocycles. The van der Waals surface area contributed by atoms with Crippen LogP contribution in [0.5, 0.6) is 0 Å². The summed E-state index contributed by atoms with van der Waals surface area (Å²) in [4.78, 5) is 4.80. The molecule has 2 aliphatic rings. The third-order valence-corrected chi connectivity index (χ3v) is 3.56. The fraction of sp³-hybridized carbons (Fsp3) is 1.00. The van der Waals surface area contributed by atoms with Gasteiger partial charge in [0.2, 0.25) is 0 Å². The van der Waals surface area contributed by atoms with Gasteiger partial charge in [-0.3, -0.25) is 9.80 Å². The fourth-order valence-electron chi connectivity index (χ4n) is 2.28. The second kappa shape index (κ2) is 12.5. The minimum absolute atomic E-state index is 0.803. The summed E-state index contributed by atoms with van der Waals surface area (Å²) in [5.41, 5.74) is 10.8. The number of nitrogens with zero attached hydrogens (tertiary/aromatic N) is 2. The molecule has 0 amide bonds. The highest BCUT2D eigenvalue weighted by Crippen LogP contribution is 1.97. The van der Waals surface area contributed by atoms with Crippen LogP contribution in [0.3, 0.4) is 0 Å². The Hall–Kier alpha value is -0.240. The van der Waals surface area contributed by atoms with Crippen molar-refractivity contribution in [3.05, 3.63) is 0 Å². The van der Waals surface area contributed by atoms with Crippen molar-refractivity contribution in [3.8, 4) is 0 Å². The first kappa shape index (κ1) is 17.8. The van der Waals surface area contributed by atoms with Crippen molar-refractivity contribution in [1.82, 2.24) is 9.80 Å². The molecule has 0 radical (unpaired) electrons. The van der Waals surface area contributed by atoms with Crippen molar-refractivity contribution in [2.75, 3.05) is 78.8 Å². The molecule has 6 nitrogen and oxygen atoms in total. The zero-order valence-corrected chi connectivity index (χ0v) is 12.8. The molecular weight excluding hydrogens is 256 g/mol. The Morgan fingerprint density at radius 2 is 1.00 bits per heavy atom. The molecule has 0 unspecified atom stereocenters. The molecule has 0 atom stereocenters. The lowest BCUT2D eigenvalue weighted by Gasteiger charge is -2.26. The summed E-state index contributed by atoms with van der Waals surface area (Å²) in [6.07, 6.45) is 2.22. The van der Waals surface area contributed by atoms with Gasteiger partial charge in [0.05, 0.1) is 26.4 Å². The minimum Gasteiger partial charge on any atom is -0.379 e. The molecule has 2 rings (SSSR count). The topological polar surface area (TPSA) is 77.0 Å². The van der Waals surface area contributed by atoms with Crippen molar-refractivity contribution in [1.29, 1.82) is 0 Å². The minimum atomic E-state index is 0.803. The Kier molecular flexibility index (Phi) is 11.1. The average Bonchev–Trinajstić information content (AvgIpc) is 2.53. The van der Waals surface area contributed by atoms with E-state index in [-0.39, 0.29) is 0 Å². The van der Waals surface area contributed by atoms with Gasteiger partial charge >= 0.3 is 0 Å². The summed E-state index contributed by atoms with van der Waals surface area (Å²) in [5, 5.41) is 0. The predicted molar refractivity (Wildman–Crippen MR) is 81.9 cm³/mol. The third-order valence-electron chi connectivity index (χ3n) is 3.56. The standard InChI is InChI=1S/2C7H16N2O/c2*8-2-1-3-9-4-6-10-7-5-9/h2*1-8H2. The van der Waals surface area contributed by atoms with Crippen LogP contribution in [-0.2, 0) is 9.47 Å². The van der Waals surface area contributed by atoms with Gasteiger partial charge in [-0.25, -0.2) is 0 Å². The van der Waals surface area contributed by atoms with Crippen LogP contribution in [0.15, 0.2) is 0 Å². The van der Waals surface area contributed by atoms with Gasteiger partial charge in [-0.2, -0.15) is 0 Å². The average molecular weight is 288 g/mol. The maximum absolute atomic E-state index is 5.39. The van der Waals surface area contributed by atoms with Crippen molar-refractivity contribution in [2.45, 2.75) is 12.8 Å². The Bertz CT molecular complexity index is 185. The molecule has 120 valence electrons. The van der Waals surface area contributed by atoms with Gasteiger partial charge in [0.15, 0.2) is 0 Å². The molecule has 2 heterocycles. The zero-order chi connectivity index (χ0) is 14.5. The molecule has 0 bridgehead atoms. The molecule has 2 saturated heterocycles. The van der Waals surface area contributed by atoms with Crippen LogP contribution >= 0.6 is 0 Å². The summed E-state index contributed by atoms with van der Waals surface area (Å²) in [6.45, 7) is 11.8. The van der Waals surface area contributed by atoms with Crippen LogP contribution in [0, 0.1) is 0 Å². The number of nitrogens with two attached hydrogens (primary N) is 2. The lowest BCUT2D eigenvalue weighted by atomic mass is 10.3. The Morgan fingerprint density at radius 1 is 0.650 bits per heavy atom. The maximum atomic E-state index is 5.39. The molecule has 0 aromatic heterocycles. The normalized spacial score (nSPS) is 21.3. The summed E-state index contributed by atoms with van der Waals surface area (Å²) in [7, 11) is 0. The lowest BCUT2D eigenvalue weighted by molar-refractivity contribution is 0.0376. The van der Waals surface area contributed by atoms with Crippen LogP contribution in [0.2, 0.25) is 0 Å². The Labute approximate surface area is 123 Å².